The number of anilines is 2. The highest BCUT2D eigenvalue weighted by Crippen LogP contribution is 2.25. The highest BCUT2D eigenvalue weighted by molar-refractivity contribution is 6.19. The number of aliphatic imine (C=N–C) groups is 2. The number of amides is 1. The third-order valence-electron chi connectivity index (χ3n) is 5.93. The molecule has 3 aromatic rings. The van der Waals surface area contributed by atoms with Gasteiger partial charge in [0.05, 0.1) is 30.2 Å². The van der Waals surface area contributed by atoms with Gasteiger partial charge in [0.25, 0.3) is 11.9 Å². The number of nitrogens with two attached hydrogens (primary N) is 1. The van der Waals surface area contributed by atoms with E-state index in [1.165, 1.54) is 0 Å². The van der Waals surface area contributed by atoms with Crippen molar-refractivity contribution in [3.8, 4) is 0 Å². The van der Waals surface area contributed by atoms with Crippen LogP contribution in [0.2, 0.25) is 0 Å². The van der Waals surface area contributed by atoms with E-state index in [-0.39, 0.29) is 11.9 Å². The molecule has 2 aliphatic rings. The smallest absolute Gasteiger partial charge is 0.291 e. The maximum absolute atomic E-state index is 13.0. The van der Waals surface area contributed by atoms with Crippen LogP contribution in [0.15, 0.2) is 88.8 Å². The van der Waals surface area contributed by atoms with Gasteiger partial charge in [-0.15, -0.1) is 0 Å². The predicted molar refractivity (Wildman–Crippen MR) is 140 cm³/mol. The van der Waals surface area contributed by atoms with E-state index in [0.717, 1.165) is 16.8 Å². The molecule has 1 atom stereocenters. The lowest BCUT2D eigenvalue weighted by molar-refractivity contribution is -0.117. The number of hydrogen-bond acceptors (Lipinski definition) is 7. The molecule has 4 N–H and O–H groups in total. The van der Waals surface area contributed by atoms with Gasteiger partial charge in [-0.3, -0.25) is 10.2 Å². The monoisotopic (exact) mass is 482 g/mol. The van der Waals surface area contributed by atoms with Crippen LogP contribution in [-0.2, 0) is 14.3 Å². The molecule has 1 unspecified atom stereocenters. The number of nitrogens with one attached hydrogen (secondary N) is 2. The molecule has 182 valence electrons. The minimum absolute atomic E-state index is 0.164. The zero-order valence-electron chi connectivity index (χ0n) is 19.6. The number of fused-ring (bicyclic) bond motifs is 1. The molecule has 0 saturated carbocycles. The summed E-state index contributed by atoms with van der Waals surface area (Å²) in [5, 5.41) is 11.4. The average molecular weight is 483 g/mol. The van der Waals surface area contributed by atoms with Crippen LogP contribution in [0.1, 0.15) is 16.7 Å². The quantitative estimate of drug-likeness (QED) is 0.389. The van der Waals surface area contributed by atoms with Gasteiger partial charge >= 0.3 is 0 Å². The number of rotatable bonds is 4. The second-order valence-electron chi connectivity index (χ2n) is 8.27. The van der Waals surface area contributed by atoms with Crippen molar-refractivity contribution in [1.82, 2.24) is 0 Å². The molecule has 1 fully saturated rings. The first-order valence-electron chi connectivity index (χ1n) is 11.7. The van der Waals surface area contributed by atoms with Crippen molar-refractivity contribution in [1.29, 1.82) is 5.41 Å². The van der Waals surface area contributed by atoms with Gasteiger partial charge in [0, 0.05) is 29.9 Å². The summed E-state index contributed by atoms with van der Waals surface area (Å²) in [5.41, 5.74) is 10.4. The van der Waals surface area contributed by atoms with Gasteiger partial charge in [-0.05, 0) is 18.2 Å². The maximum Gasteiger partial charge on any atom is 0.291 e. The standard InChI is InChI=1S/C27H26N6O3/c28-24(20-11-5-7-13-22(20)33-14-16-35-17-15-33)36-27(29)32-25-26(34)30-21-12-6-4-10-19(21)23(31-25)18-8-2-1-3-9-18/h1-13,25,28H,14-17H2,(H2,29,32)(H,30,34). The number of carbonyl (C=O) groups is 1. The summed E-state index contributed by atoms with van der Waals surface area (Å²) in [6, 6.07) is 24.1. The van der Waals surface area contributed by atoms with Gasteiger partial charge in [0.15, 0.2) is 0 Å². The molecule has 0 aliphatic carbocycles. The van der Waals surface area contributed by atoms with Gasteiger partial charge in [0.2, 0.25) is 12.1 Å². The zero-order chi connectivity index (χ0) is 24.9. The van der Waals surface area contributed by atoms with Gasteiger partial charge in [-0.1, -0.05) is 60.7 Å². The topological polar surface area (TPSA) is 125 Å². The Kier molecular flexibility index (Phi) is 6.72. The van der Waals surface area contributed by atoms with Crippen molar-refractivity contribution in [2.24, 2.45) is 15.7 Å². The third kappa shape index (κ3) is 4.96. The summed E-state index contributed by atoms with van der Waals surface area (Å²) in [5.74, 6) is -0.608. The second kappa shape index (κ2) is 10.4. The Morgan fingerprint density at radius 3 is 2.53 bits per heavy atom. The molecule has 2 aliphatic heterocycles. The minimum atomic E-state index is -1.19. The van der Waals surface area contributed by atoms with Crippen molar-refractivity contribution in [2.45, 2.75) is 6.17 Å². The number of ether oxygens (including phenoxy) is 2. The van der Waals surface area contributed by atoms with E-state index >= 15 is 0 Å². The van der Waals surface area contributed by atoms with E-state index in [1.54, 1.807) is 6.07 Å². The second-order valence-corrected chi connectivity index (χ2v) is 8.27. The molecule has 9 heteroatoms. The average Bonchev–Trinajstić information content (AvgIpc) is 3.05. The molecule has 1 amide bonds. The van der Waals surface area contributed by atoms with E-state index < -0.39 is 12.1 Å². The number of benzene rings is 3. The molecular weight excluding hydrogens is 456 g/mol. The van der Waals surface area contributed by atoms with Gasteiger partial charge < -0.3 is 25.4 Å². The van der Waals surface area contributed by atoms with Crippen molar-refractivity contribution < 1.29 is 14.3 Å². The summed E-state index contributed by atoms with van der Waals surface area (Å²) < 4.78 is 11.0. The first-order chi connectivity index (χ1) is 17.6. The maximum atomic E-state index is 13.0. The first-order valence-corrected chi connectivity index (χ1v) is 11.7. The molecule has 0 bridgehead atoms. The van der Waals surface area contributed by atoms with Gasteiger partial charge in [0.1, 0.15) is 0 Å². The van der Waals surface area contributed by atoms with Crippen LogP contribution < -0.4 is 16.0 Å². The van der Waals surface area contributed by atoms with Crippen LogP contribution in [0.4, 0.5) is 11.4 Å². The summed E-state index contributed by atoms with van der Waals surface area (Å²) in [7, 11) is 0. The van der Waals surface area contributed by atoms with Crippen molar-refractivity contribution in [2.75, 3.05) is 36.5 Å². The lowest BCUT2D eigenvalue weighted by Gasteiger charge is -2.30. The van der Waals surface area contributed by atoms with E-state index in [9.17, 15) is 4.79 Å². The number of amidine groups is 1. The van der Waals surface area contributed by atoms with Crippen molar-refractivity contribution in [3.05, 3.63) is 95.6 Å². The number of nitrogens with zero attached hydrogens (tertiary/aromatic N) is 3. The van der Waals surface area contributed by atoms with E-state index in [0.29, 0.717) is 43.3 Å². The normalized spacial score (nSPS) is 17.9. The molecule has 0 spiro atoms. The van der Waals surface area contributed by atoms with Crippen molar-refractivity contribution in [3.63, 3.8) is 0 Å². The number of para-hydroxylation sites is 2. The van der Waals surface area contributed by atoms with Crippen LogP contribution in [0, 0.1) is 5.41 Å². The third-order valence-corrected chi connectivity index (χ3v) is 5.93. The molecule has 9 nitrogen and oxygen atoms in total. The molecule has 3 aromatic carbocycles. The predicted octanol–water partition coefficient (Wildman–Crippen LogP) is 3.00. The molecular formula is C27H26N6O3. The van der Waals surface area contributed by atoms with Gasteiger partial charge in [-0.2, -0.15) is 4.99 Å². The van der Waals surface area contributed by atoms with Crippen molar-refractivity contribution >= 4 is 34.9 Å². The fourth-order valence-electron chi connectivity index (χ4n) is 4.21. The Morgan fingerprint density at radius 1 is 1.03 bits per heavy atom. The lowest BCUT2D eigenvalue weighted by Crippen LogP contribution is -2.37. The summed E-state index contributed by atoms with van der Waals surface area (Å²) >= 11 is 0. The molecule has 5 rings (SSSR count). The van der Waals surface area contributed by atoms with Gasteiger partial charge in [-0.25, -0.2) is 4.99 Å². The SMILES string of the molecule is N=C(O/C(N)=N/C1N=C(c2ccccc2)c2ccccc2NC1=O)c1ccccc1N1CCOCC1. The van der Waals surface area contributed by atoms with Crippen LogP contribution in [0.25, 0.3) is 0 Å². The zero-order valence-corrected chi connectivity index (χ0v) is 19.6. The number of hydrogen-bond donors (Lipinski definition) is 3. The molecule has 1 saturated heterocycles. The Bertz CT molecular complexity index is 1330. The number of carbonyl (C=O) groups excluding carboxylic acids is 1. The molecule has 36 heavy (non-hydrogen) atoms. The van der Waals surface area contributed by atoms with E-state index in [4.69, 9.17) is 20.6 Å². The Labute approximate surface area is 208 Å². The Balaban J connectivity index is 1.43. The molecule has 2 heterocycles. The lowest BCUT2D eigenvalue weighted by atomic mass is 10.0. The summed E-state index contributed by atoms with van der Waals surface area (Å²) in [6.07, 6.45) is -1.19. The number of benzodiazepines with no additional fused rings is 1. The van der Waals surface area contributed by atoms with Crippen LogP contribution in [0.5, 0.6) is 0 Å². The number of morpholine rings is 1. The van der Waals surface area contributed by atoms with Crippen LogP contribution in [-0.4, -0.2) is 56.0 Å². The fraction of sp³-hybridized carbons (Fsp3) is 0.185. The fourth-order valence-corrected chi connectivity index (χ4v) is 4.21. The minimum Gasteiger partial charge on any atom is -0.407 e. The highest BCUT2D eigenvalue weighted by Gasteiger charge is 2.26. The summed E-state index contributed by atoms with van der Waals surface area (Å²) in [4.78, 5) is 24.0. The highest BCUT2D eigenvalue weighted by atomic mass is 16.5. The molecule has 0 aromatic heterocycles. The van der Waals surface area contributed by atoms with Crippen LogP contribution in [0.3, 0.4) is 0 Å². The van der Waals surface area contributed by atoms with E-state index in [1.807, 2.05) is 72.8 Å². The first kappa shape index (κ1) is 23.3. The van der Waals surface area contributed by atoms with E-state index in [2.05, 4.69) is 20.2 Å². The largest absolute Gasteiger partial charge is 0.407 e. The summed E-state index contributed by atoms with van der Waals surface area (Å²) in [6.45, 7) is 2.67. The van der Waals surface area contributed by atoms with Crippen LogP contribution >= 0.6 is 0 Å². The molecule has 0 radical (unpaired) electrons. The Morgan fingerprint density at radius 2 is 1.72 bits per heavy atom. The Hall–Kier alpha value is -4.50.